The third-order valence-electron chi connectivity index (χ3n) is 3.15. The molecule has 0 spiro atoms. The highest BCUT2D eigenvalue weighted by atomic mass is 32.2. The van der Waals surface area contributed by atoms with E-state index in [1.807, 2.05) is 12.1 Å². The minimum Gasteiger partial charge on any atom is -0.355 e. The number of nitrogens with zero attached hydrogens (tertiary/aromatic N) is 3. The average Bonchev–Trinajstić information content (AvgIpc) is 2.79. The van der Waals surface area contributed by atoms with Gasteiger partial charge in [0.25, 0.3) is 0 Å². The van der Waals surface area contributed by atoms with E-state index < -0.39 is 0 Å². The van der Waals surface area contributed by atoms with Gasteiger partial charge >= 0.3 is 0 Å². The molecule has 0 fully saturated rings. The normalized spacial score (nSPS) is 10.6. The standard InChI is InChI=1S/C14H19N5OS/c1-10-5-3-4-6-12(10)7-8-16-13(20)9-21-14-18-17-11(2)19(14)15/h3-6H,7-9,15H2,1-2H3,(H,16,20). The number of thioether (sulfide) groups is 1. The van der Waals surface area contributed by atoms with Crippen molar-refractivity contribution in [3.63, 3.8) is 0 Å². The molecule has 0 aliphatic heterocycles. The summed E-state index contributed by atoms with van der Waals surface area (Å²) in [6, 6.07) is 8.18. The number of nitrogens with two attached hydrogens (primary N) is 1. The molecule has 0 aliphatic carbocycles. The molecule has 0 aliphatic rings. The molecule has 7 heteroatoms. The summed E-state index contributed by atoms with van der Waals surface area (Å²) in [6.45, 7) is 4.46. The predicted octanol–water partition coefficient (Wildman–Crippen LogP) is 1.06. The van der Waals surface area contributed by atoms with Crippen LogP contribution in [-0.4, -0.2) is 33.1 Å². The van der Waals surface area contributed by atoms with Gasteiger partial charge in [0.2, 0.25) is 11.1 Å². The Morgan fingerprint density at radius 3 is 2.76 bits per heavy atom. The summed E-state index contributed by atoms with van der Waals surface area (Å²) >= 11 is 1.28. The minimum absolute atomic E-state index is 0.0331. The number of carbonyl (C=O) groups is 1. The van der Waals surface area contributed by atoms with Crippen molar-refractivity contribution in [1.82, 2.24) is 20.2 Å². The predicted molar refractivity (Wildman–Crippen MR) is 83.5 cm³/mol. The number of hydrogen-bond acceptors (Lipinski definition) is 5. The summed E-state index contributed by atoms with van der Waals surface area (Å²) in [5, 5.41) is 11.2. The Balaban J connectivity index is 1.73. The monoisotopic (exact) mass is 305 g/mol. The lowest BCUT2D eigenvalue weighted by atomic mass is 10.1. The Morgan fingerprint density at radius 1 is 1.33 bits per heavy atom. The Hall–Kier alpha value is -2.02. The van der Waals surface area contributed by atoms with Crippen molar-refractivity contribution in [2.45, 2.75) is 25.4 Å². The molecule has 1 heterocycles. The summed E-state index contributed by atoms with van der Waals surface area (Å²) in [5.74, 6) is 6.59. The number of carbonyl (C=O) groups excluding carboxylic acids is 1. The van der Waals surface area contributed by atoms with Gasteiger partial charge in [0, 0.05) is 6.54 Å². The summed E-state index contributed by atoms with van der Waals surface area (Å²) < 4.78 is 1.38. The molecule has 21 heavy (non-hydrogen) atoms. The van der Waals surface area contributed by atoms with Crippen molar-refractivity contribution in [2.24, 2.45) is 0 Å². The van der Waals surface area contributed by atoms with Crippen LogP contribution < -0.4 is 11.2 Å². The molecule has 3 N–H and O–H groups in total. The molecule has 2 aromatic rings. The zero-order valence-corrected chi connectivity index (χ0v) is 13.0. The number of rotatable bonds is 6. The van der Waals surface area contributed by atoms with Crippen molar-refractivity contribution in [2.75, 3.05) is 18.1 Å². The highest BCUT2D eigenvalue weighted by Gasteiger charge is 2.09. The third-order valence-corrected chi connectivity index (χ3v) is 4.09. The van der Waals surface area contributed by atoms with E-state index in [4.69, 9.17) is 5.84 Å². The number of nitrogen functional groups attached to an aromatic ring is 1. The van der Waals surface area contributed by atoms with E-state index in [0.717, 1.165) is 6.42 Å². The summed E-state index contributed by atoms with van der Waals surface area (Å²) in [4.78, 5) is 11.8. The maximum absolute atomic E-state index is 11.8. The van der Waals surface area contributed by atoms with Gasteiger partial charge in [0.15, 0.2) is 0 Å². The molecule has 1 aromatic carbocycles. The van der Waals surface area contributed by atoms with Gasteiger partial charge in [-0.05, 0) is 31.4 Å². The van der Waals surface area contributed by atoms with Crippen LogP contribution in [0, 0.1) is 13.8 Å². The Morgan fingerprint density at radius 2 is 2.10 bits per heavy atom. The quantitative estimate of drug-likeness (QED) is 0.615. The van der Waals surface area contributed by atoms with Gasteiger partial charge in [-0.3, -0.25) is 4.79 Å². The molecule has 0 saturated heterocycles. The van der Waals surface area contributed by atoms with Gasteiger partial charge in [-0.1, -0.05) is 36.0 Å². The van der Waals surface area contributed by atoms with Crippen LogP contribution in [0.25, 0.3) is 0 Å². The molecule has 0 bridgehead atoms. The molecule has 1 amide bonds. The summed E-state index contributed by atoms with van der Waals surface area (Å²) in [6.07, 6.45) is 0.829. The van der Waals surface area contributed by atoms with Gasteiger partial charge in [0.1, 0.15) is 5.82 Å². The van der Waals surface area contributed by atoms with Crippen LogP contribution in [0.2, 0.25) is 0 Å². The largest absolute Gasteiger partial charge is 0.355 e. The van der Waals surface area contributed by atoms with E-state index in [0.29, 0.717) is 17.5 Å². The first-order valence-corrected chi connectivity index (χ1v) is 7.67. The number of amides is 1. The van der Waals surface area contributed by atoms with Gasteiger partial charge < -0.3 is 11.2 Å². The number of benzene rings is 1. The highest BCUT2D eigenvalue weighted by molar-refractivity contribution is 7.99. The SMILES string of the molecule is Cc1ccccc1CCNC(=O)CSc1nnc(C)n1N. The second-order valence-electron chi connectivity index (χ2n) is 4.71. The molecule has 112 valence electrons. The van der Waals surface area contributed by atoms with Crippen LogP contribution in [0.15, 0.2) is 29.4 Å². The molecule has 0 atom stereocenters. The van der Waals surface area contributed by atoms with Gasteiger partial charge in [-0.15, -0.1) is 10.2 Å². The minimum atomic E-state index is -0.0331. The van der Waals surface area contributed by atoms with Crippen molar-refractivity contribution in [3.8, 4) is 0 Å². The molecule has 1 aromatic heterocycles. The van der Waals surface area contributed by atoms with Crippen LogP contribution in [0.3, 0.4) is 0 Å². The molecule has 0 unspecified atom stereocenters. The summed E-state index contributed by atoms with van der Waals surface area (Å²) in [5.41, 5.74) is 2.50. The van der Waals surface area contributed by atoms with E-state index in [9.17, 15) is 4.79 Å². The molecular formula is C14H19N5OS. The van der Waals surface area contributed by atoms with Crippen molar-refractivity contribution < 1.29 is 4.79 Å². The zero-order chi connectivity index (χ0) is 15.2. The van der Waals surface area contributed by atoms with E-state index >= 15 is 0 Å². The Labute approximate surface area is 128 Å². The average molecular weight is 305 g/mol. The van der Waals surface area contributed by atoms with Crippen LogP contribution in [0.5, 0.6) is 0 Å². The Bertz CT molecular complexity index is 626. The zero-order valence-electron chi connectivity index (χ0n) is 12.2. The van der Waals surface area contributed by atoms with Gasteiger partial charge in [-0.25, -0.2) is 4.68 Å². The lowest BCUT2D eigenvalue weighted by Gasteiger charge is -2.07. The number of aryl methyl sites for hydroxylation is 2. The van der Waals surface area contributed by atoms with E-state index in [1.54, 1.807) is 6.92 Å². The molecule has 0 saturated carbocycles. The lowest BCUT2D eigenvalue weighted by Crippen LogP contribution is -2.27. The third kappa shape index (κ3) is 4.22. The first-order chi connectivity index (χ1) is 10.1. The molecule has 0 radical (unpaired) electrons. The smallest absolute Gasteiger partial charge is 0.230 e. The highest BCUT2D eigenvalue weighted by Crippen LogP contribution is 2.13. The fraction of sp³-hybridized carbons (Fsp3) is 0.357. The topological polar surface area (TPSA) is 85.8 Å². The molecule has 6 nitrogen and oxygen atoms in total. The maximum atomic E-state index is 11.8. The second-order valence-corrected chi connectivity index (χ2v) is 5.66. The van der Waals surface area contributed by atoms with Crippen molar-refractivity contribution >= 4 is 17.7 Å². The molecular weight excluding hydrogens is 286 g/mol. The van der Waals surface area contributed by atoms with E-state index in [2.05, 4.69) is 34.6 Å². The second kappa shape index (κ2) is 7.12. The van der Waals surface area contributed by atoms with Crippen LogP contribution in [0.4, 0.5) is 0 Å². The number of nitrogens with one attached hydrogen (secondary N) is 1. The summed E-state index contributed by atoms with van der Waals surface area (Å²) in [7, 11) is 0. The van der Waals surface area contributed by atoms with Crippen molar-refractivity contribution in [1.29, 1.82) is 0 Å². The van der Waals surface area contributed by atoms with Crippen LogP contribution in [-0.2, 0) is 11.2 Å². The number of hydrogen-bond donors (Lipinski definition) is 2. The lowest BCUT2D eigenvalue weighted by molar-refractivity contribution is -0.118. The molecule has 2 rings (SSSR count). The van der Waals surface area contributed by atoms with E-state index in [-0.39, 0.29) is 11.7 Å². The van der Waals surface area contributed by atoms with E-state index in [1.165, 1.54) is 27.6 Å². The fourth-order valence-electron chi connectivity index (χ4n) is 1.86. The van der Waals surface area contributed by atoms with Gasteiger partial charge in [-0.2, -0.15) is 0 Å². The first-order valence-electron chi connectivity index (χ1n) is 6.69. The van der Waals surface area contributed by atoms with Crippen LogP contribution >= 0.6 is 11.8 Å². The Kier molecular flexibility index (Phi) is 5.21. The first kappa shape index (κ1) is 15.4. The fourth-order valence-corrected chi connectivity index (χ4v) is 2.59. The maximum Gasteiger partial charge on any atom is 0.230 e. The number of aromatic nitrogens is 3. The van der Waals surface area contributed by atoms with Crippen molar-refractivity contribution in [3.05, 3.63) is 41.2 Å². The van der Waals surface area contributed by atoms with Crippen LogP contribution in [0.1, 0.15) is 17.0 Å². The van der Waals surface area contributed by atoms with Gasteiger partial charge in [0.05, 0.1) is 5.75 Å².